The van der Waals surface area contributed by atoms with Gasteiger partial charge in [0.05, 0.1) is 19.8 Å². The molecular weight excluding hydrogens is 474 g/mol. The largest absolute Gasteiger partial charge is 0.465 e. The molecule has 8 nitrogen and oxygen atoms in total. The lowest BCUT2D eigenvalue weighted by molar-refractivity contribution is -0.177. The number of ether oxygens (including phenoxy) is 3. The van der Waals surface area contributed by atoms with Crippen molar-refractivity contribution in [3.05, 3.63) is 0 Å². The third-order valence-electron chi connectivity index (χ3n) is 6.41. The number of hydrogen-bond donors (Lipinski definition) is 2. The quantitative estimate of drug-likeness (QED) is 0.0655. The van der Waals surface area contributed by atoms with Crippen molar-refractivity contribution in [3.8, 4) is 0 Å². The van der Waals surface area contributed by atoms with E-state index in [1.165, 1.54) is 45.4 Å². The van der Waals surface area contributed by atoms with Gasteiger partial charge in [0.25, 0.3) is 0 Å². The first-order chi connectivity index (χ1) is 17.9. The summed E-state index contributed by atoms with van der Waals surface area (Å²) in [7, 11) is 0. The van der Waals surface area contributed by atoms with Gasteiger partial charge in [-0.05, 0) is 39.2 Å². The summed E-state index contributed by atoms with van der Waals surface area (Å²) in [6, 6.07) is 0. The highest BCUT2D eigenvalue weighted by Gasteiger charge is 2.46. The van der Waals surface area contributed by atoms with Crippen molar-refractivity contribution >= 4 is 17.9 Å². The number of unbranched alkanes of at least 4 members (excludes halogenated alkanes) is 12. The predicted octanol–water partition coefficient (Wildman–Crippen LogP) is 5.49. The minimum atomic E-state index is -1.67. The second-order valence-electron chi connectivity index (χ2n) is 10.1. The van der Waals surface area contributed by atoms with Crippen LogP contribution in [-0.4, -0.2) is 62.5 Å². The third kappa shape index (κ3) is 19.1. The number of esters is 3. The van der Waals surface area contributed by atoms with Crippen molar-refractivity contribution in [2.45, 2.75) is 124 Å². The molecule has 0 heterocycles. The van der Waals surface area contributed by atoms with Crippen molar-refractivity contribution in [2.24, 2.45) is 5.41 Å². The van der Waals surface area contributed by atoms with E-state index in [2.05, 4.69) is 19.2 Å². The molecule has 0 fully saturated rings. The summed E-state index contributed by atoms with van der Waals surface area (Å²) in [5.74, 6) is -1.84. The average Bonchev–Trinajstić information content (AvgIpc) is 2.89. The molecule has 8 heteroatoms. The maximum atomic E-state index is 12.9. The Morgan fingerprint density at radius 1 is 0.649 bits per heavy atom. The highest BCUT2D eigenvalue weighted by Crippen LogP contribution is 2.23. The van der Waals surface area contributed by atoms with Crippen LogP contribution in [0.15, 0.2) is 0 Å². The SMILES string of the molecule is CCCCCCCCOC(=O)C(C)(COC(=O)CCCCCNCCO)C(=O)OCCCCCCCC. The zero-order valence-electron chi connectivity index (χ0n) is 24.0. The Bertz CT molecular complexity index is 553. The normalized spacial score (nSPS) is 11.4. The maximum absolute atomic E-state index is 12.9. The number of aliphatic hydroxyl groups excluding tert-OH is 1. The summed E-state index contributed by atoms with van der Waals surface area (Å²) in [6.07, 6.45) is 15.3. The smallest absolute Gasteiger partial charge is 0.326 e. The molecule has 0 saturated heterocycles. The molecule has 0 saturated carbocycles. The fourth-order valence-electron chi connectivity index (χ4n) is 3.81. The van der Waals surface area contributed by atoms with E-state index >= 15 is 0 Å². The summed E-state index contributed by atoms with van der Waals surface area (Å²) in [4.78, 5) is 38.1. The molecule has 0 amide bonds. The molecule has 0 aromatic carbocycles. The summed E-state index contributed by atoms with van der Waals surface area (Å²) < 4.78 is 16.2. The number of nitrogens with one attached hydrogen (secondary N) is 1. The molecule has 37 heavy (non-hydrogen) atoms. The van der Waals surface area contributed by atoms with Crippen molar-refractivity contribution in [1.29, 1.82) is 0 Å². The second-order valence-corrected chi connectivity index (χ2v) is 10.1. The van der Waals surface area contributed by atoms with Crippen LogP contribution in [-0.2, 0) is 28.6 Å². The van der Waals surface area contributed by atoms with Crippen molar-refractivity contribution in [3.63, 3.8) is 0 Å². The Hall–Kier alpha value is -1.67. The molecule has 0 aliphatic heterocycles. The van der Waals surface area contributed by atoms with E-state index in [-0.39, 0.29) is 32.8 Å². The summed E-state index contributed by atoms with van der Waals surface area (Å²) in [6.45, 7) is 7.32. The van der Waals surface area contributed by atoms with Gasteiger partial charge in [0.2, 0.25) is 0 Å². The molecule has 0 radical (unpaired) electrons. The van der Waals surface area contributed by atoms with E-state index < -0.39 is 23.3 Å². The minimum Gasteiger partial charge on any atom is -0.465 e. The number of aliphatic hydroxyl groups is 1. The average molecular weight is 530 g/mol. The second kappa shape index (κ2) is 24.7. The first-order valence-electron chi connectivity index (χ1n) is 14.7. The van der Waals surface area contributed by atoms with E-state index in [1.807, 2.05) is 0 Å². The zero-order valence-corrected chi connectivity index (χ0v) is 24.0. The number of rotatable bonds is 26. The van der Waals surface area contributed by atoms with Crippen LogP contribution in [0.25, 0.3) is 0 Å². The molecular formula is C29H55NO7. The first kappa shape index (κ1) is 35.3. The monoisotopic (exact) mass is 529 g/mol. The van der Waals surface area contributed by atoms with Gasteiger partial charge in [-0.2, -0.15) is 0 Å². The van der Waals surface area contributed by atoms with Crippen LogP contribution in [0.2, 0.25) is 0 Å². The lowest BCUT2D eigenvalue weighted by Crippen LogP contribution is -2.44. The van der Waals surface area contributed by atoms with Gasteiger partial charge in [0.1, 0.15) is 6.61 Å². The van der Waals surface area contributed by atoms with E-state index in [9.17, 15) is 14.4 Å². The van der Waals surface area contributed by atoms with Crippen LogP contribution >= 0.6 is 0 Å². The van der Waals surface area contributed by atoms with Gasteiger partial charge in [-0.15, -0.1) is 0 Å². The molecule has 0 bridgehead atoms. The molecule has 0 aromatic heterocycles. The van der Waals surface area contributed by atoms with Crippen LogP contribution in [0.4, 0.5) is 0 Å². The van der Waals surface area contributed by atoms with Crippen LogP contribution in [0.1, 0.15) is 124 Å². The van der Waals surface area contributed by atoms with Crippen molar-refractivity contribution in [1.82, 2.24) is 5.32 Å². The van der Waals surface area contributed by atoms with Gasteiger partial charge in [-0.1, -0.05) is 84.5 Å². The number of carbonyl (C=O) groups is 3. The van der Waals surface area contributed by atoms with Crippen LogP contribution in [0.5, 0.6) is 0 Å². The molecule has 0 aliphatic rings. The Labute approximate surface area is 225 Å². The van der Waals surface area contributed by atoms with Crippen LogP contribution in [0, 0.1) is 5.41 Å². The third-order valence-corrected chi connectivity index (χ3v) is 6.41. The number of carbonyl (C=O) groups excluding carboxylic acids is 3. The lowest BCUT2D eigenvalue weighted by atomic mass is 9.92. The topological polar surface area (TPSA) is 111 Å². The van der Waals surface area contributed by atoms with E-state index in [4.69, 9.17) is 19.3 Å². The molecule has 0 unspecified atom stereocenters. The molecule has 0 aromatic rings. The molecule has 0 atom stereocenters. The molecule has 218 valence electrons. The Balaban J connectivity index is 4.63. The summed E-state index contributed by atoms with van der Waals surface area (Å²) >= 11 is 0. The van der Waals surface area contributed by atoms with Gasteiger partial charge >= 0.3 is 17.9 Å². The molecule has 0 aliphatic carbocycles. The van der Waals surface area contributed by atoms with E-state index in [0.29, 0.717) is 13.0 Å². The van der Waals surface area contributed by atoms with E-state index in [1.54, 1.807) is 0 Å². The molecule has 0 rings (SSSR count). The van der Waals surface area contributed by atoms with Gasteiger partial charge < -0.3 is 24.6 Å². The minimum absolute atomic E-state index is 0.105. The molecule has 2 N–H and O–H groups in total. The Morgan fingerprint density at radius 3 is 1.65 bits per heavy atom. The standard InChI is InChI=1S/C29H55NO7/c1-4-6-8-10-12-17-23-35-27(33)29(3,28(34)36-24-18-13-11-9-7-5-2)25-37-26(32)19-15-14-16-20-30-21-22-31/h30-31H,4-25H2,1-3H3. The lowest BCUT2D eigenvalue weighted by Gasteiger charge is -2.25. The molecule has 0 spiro atoms. The van der Waals surface area contributed by atoms with Crippen molar-refractivity contribution in [2.75, 3.05) is 39.5 Å². The summed E-state index contributed by atoms with van der Waals surface area (Å²) in [5, 5.41) is 11.8. The predicted molar refractivity (Wildman–Crippen MR) is 146 cm³/mol. The summed E-state index contributed by atoms with van der Waals surface area (Å²) in [5.41, 5.74) is -1.67. The van der Waals surface area contributed by atoms with Gasteiger partial charge in [0, 0.05) is 13.0 Å². The Kier molecular flexibility index (Phi) is 23.5. The fourth-order valence-corrected chi connectivity index (χ4v) is 3.81. The zero-order chi connectivity index (χ0) is 27.6. The first-order valence-corrected chi connectivity index (χ1v) is 14.7. The fraction of sp³-hybridized carbons (Fsp3) is 0.897. The maximum Gasteiger partial charge on any atom is 0.326 e. The highest BCUT2D eigenvalue weighted by molar-refractivity contribution is 6.00. The van der Waals surface area contributed by atoms with Crippen LogP contribution in [0.3, 0.4) is 0 Å². The Morgan fingerprint density at radius 2 is 1.14 bits per heavy atom. The van der Waals surface area contributed by atoms with Gasteiger partial charge in [-0.25, -0.2) is 0 Å². The van der Waals surface area contributed by atoms with E-state index in [0.717, 1.165) is 57.9 Å². The van der Waals surface area contributed by atoms with Gasteiger partial charge in [0.15, 0.2) is 5.41 Å². The van der Waals surface area contributed by atoms with Gasteiger partial charge in [-0.3, -0.25) is 14.4 Å². The number of hydrogen-bond acceptors (Lipinski definition) is 8. The van der Waals surface area contributed by atoms with Crippen molar-refractivity contribution < 1.29 is 33.7 Å². The van der Waals surface area contributed by atoms with Crippen LogP contribution < -0.4 is 5.32 Å². The highest BCUT2D eigenvalue weighted by atomic mass is 16.6.